The smallest absolute Gasteiger partial charge is 0.327 e. The number of nitrogens with zero attached hydrogens (tertiary/aromatic N) is 3. The summed E-state index contributed by atoms with van der Waals surface area (Å²) in [6, 6.07) is 1.71. The molecular formula is C13H15F3N4. The van der Waals surface area contributed by atoms with Gasteiger partial charge in [0.1, 0.15) is 16.8 Å². The fraction of sp³-hybridized carbons (Fsp3) is 0.538. The van der Waals surface area contributed by atoms with Crippen LogP contribution in [0.1, 0.15) is 19.2 Å². The maximum absolute atomic E-state index is 13.6. The van der Waals surface area contributed by atoms with Gasteiger partial charge in [-0.25, -0.2) is 4.98 Å². The van der Waals surface area contributed by atoms with Gasteiger partial charge in [-0.15, -0.1) is 0 Å². The van der Waals surface area contributed by atoms with Crippen molar-refractivity contribution in [2.24, 2.45) is 0 Å². The van der Waals surface area contributed by atoms with E-state index in [0.29, 0.717) is 24.1 Å². The van der Waals surface area contributed by atoms with Gasteiger partial charge in [0.25, 0.3) is 0 Å². The van der Waals surface area contributed by atoms with Gasteiger partial charge in [0.15, 0.2) is 0 Å². The van der Waals surface area contributed by atoms with Crippen LogP contribution in [0, 0.1) is 0 Å². The standard InChI is InChI=1S/C13H15F3N4/c1-2-20-10-3-5-17-7-9(10)19-11(20)12(13(14,15)16)4-6-18-8-12/h3,5,7,18H,2,4,6,8H2,1H3. The molecule has 1 unspecified atom stereocenters. The number of fused-ring (bicyclic) bond motifs is 1. The van der Waals surface area contributed by atoms with Crippen molar-refractivity contribution in [3.8, 4) is 0 Å². The summed E-state index contributed by atoms with van der Waals surface area (Å²) in [5, 5.41) is 2.82. The summed E-state index contributed by atoms with van der Waals surface area (Å²) >= 11 is 0. The van der Waals surface area contributed by atoms with Crippen LogP contribution in [0.25, 0.3) is 11.0 Å². The number of nitrogens with one attached hydrogen (secondary N) is 1. The van der Waals surface area contributed by atoms with Gasteiger partial charge in [0, 0.05) is 19.3 Å². The van der Waals surface area contributed by atoms with Crippen molar-refractivity contribution in [2.75, 3.05) is 13.1 Å². The molecule has 7 heteroatoms. The maximum Gasteiger partial charge on any atom is 0.402 e. The Balaban J connectivity index is 2.27. The molecule has 3 rings (SSSR count). The summed E-state index contributed by atoms with van der Waals surface area (Å²) in [6.45, 7) is 2.52. The van der Waals surface area contributed by atoms with Gasteiger partial charge in [-0.05, 0) is 26.0 Å². The van der Waals surface area contributed by atoms with E-state index in [0.717, 1.165) is 0 Å². The van der Waals surface area contributed by atoms with Crippen LogP contribution in [-0.4, -0.2) is 33.8 Å². The second-order valence-corrected chi connectivity index (χ2v) is 5.05. The van der Waals surface area contributed by atoms with Crippen molar-refractivity contribution >= 4 is 11.0 Å². The molecule has 0 saturated carbocycles. The molecule has 2 aromatic heterocycles. The third-order valence-corrected chi connectivity index (χ3v) is 3.99. The first-order chi connectivity index (χ1) is 9.49. The minimum Gasteiger partial charge on any atom is -0.327 e. The van der Waals surface area contributed by atoms with Crippen LogP contribution in [0.3, 0.4) is 0 Å². The van der Waals surface area contributed by atoms with Crippen molar-refractivity contribution < 1.29 is 13.2 Å². The highest BCUT2D eigenvalue weighted by Gasteiger charge is 2.59. The number of hydrogen-bond donors (Lipinski definition) is 1. The van der Waals surface area contributed by atoms with Gasteiger partial charge in [0.05, 0.1) is 11.7 Å². The second kappa shape index (κ2) is 4.44. The van der Waals surface area contributed by atoms with E-state index in [1.54, 1.807) is 16.8 Å². The first-order valence-corrected chi connectivity index (χ1v) is 6.58. The largest absolute Gasteiger partial charge is 0.402 e. The summed E-state index contributed by atoms with van der Waals surface area (Å²) in [5.74, 6) is 0.0977. The monoisotopic (exact) mass is 284 g/mol. The first-order valence-electron chi connectivity index (χ1n) is 6.58. The van der Waals surface area contributed by atoms with E-state index >= 15 is 0 Å². The maximum atomic E-state index is 13.6. The average Bonchev–Trinajstić information content (AvgIpc) is 3.02. The molecule has 0 spiro atoms. The minimum absolute atomic E-state index is 0.0211. The second-order valence-electron chi connectivity index (χ2n) is 5.05. The van der Waals surface area contributed by atoms with Crippen molar-refractivity contribution in [3.63, 3.8) is 0 Å². The summed E-state index contributed by atoms with van der Waals surface area (Å²) in [5.41, 5.74) is -0.685. The molecule has 1 saturated heterocycles. The van der Waals surface area contributed by atoms with Crippen LogP contribution in [0.2, 0.25) is 0 Å². The van der Waals surface area contributed by atoms with Gasteiger partial charge in [-0.2, -0.15) is 13.2 Å². The Morgan fingerprint density at radius 1 is 1.45 bits per heavy atom. The van der Waals surface area contributed by atoms with Gasteiger partial charge in [-0.1, -0.05) is 0 Å². The summed E-state index contributed by atoms with van der Waals surface area (Å²) in [6.07, 6.45) is -1.21. The fourth-order valence-corrected chi connectivity index (χ4v) is 2.92. The third-order valence-electron chi connectivity index (χ3n) is 3.99. The highest BCUT2D eigenvalue weighted by atomic mass is 19.4. The highest BCUT2D eigenvalue weighted by Crippen LogP contribution is 2.45. The molecule has 0 aromatic carbocycles. The van der Waals surface area contributed by atoms with Gasteiger partial charge >= 0.3 is 6.18 Å². The Hall–Kier alpha value is -1.63. The molecule has 1 atom stereocenters. The SMILES string of the molecule is CCn1c(C2(C(F)(F)F)CCNC2)nc2cnccc21. The Labute approximate surface area is 114 Å². The Morgan fingerprint density at radius 3 is 2.85 bits per heavy atom. The number of pyridine rings is 1. The number of hydrogen-bond acceptors (Lipinski definition) is 3. The molecule has 108 valence electrons. The number of aromatic nitrogens is 3. The molecule has 20 heavy (non-hydrogen) atoms. The molecule has 1 aliphatic heterocycles. The predicted molar refractivity (Wildman–Crippen MR) is 68.4 cm³/mol. The van der Waals surface area contributed by atoms with Crippen LogP contribution >= 0.6 is 0 Å². The lowest BCUT2D eigenvalue weighted by Crippen LogP contribution is -2.46. The van der Waals surface area contributed by atoms with Crippen molar-refractivity contribution in [2.45, 2.75) is 31.5 Å². The lowest BCUT2D eigenvalue weighted by atomic mass is 9.85. The summed E-state index contributed by atoms with van der Waals surface area (Å²) in [7, 11) is 0. The molecule has 2 aromatic rings. The van der Waals surface area contributed by atoms with Crippen LogP contribution < -0.4 is 5.32 Å². The molecule has 0 aliphatic carbocycles. The number of halogens is 3. The van der Waals surface area contributed by atoms with Crippen LogP contribution in [0.15, 0.2) is 18.5 Å². The molecule has 1 aliphatic rings. The average molecular weight is 284 g/mol. The van der Waals surface area contributed by atoms with E-state index in [4.69, 9.17) is 0 Å². The van der Waals surface area contributed by atoms with E-state index in [1.165, 1.54) is 6.20 Å². The minimum atomic E-state index is -4.32. The molecular weight excluding hydrogens is 269 g/mol. The molecule has 1 fully saturated rings. The van der Waals surface area contributed by atoms with E-state index in [2.05, 4.69) is 15.3 Å². The highest BCUT2D eigenvalue weighted by molar-refractivity contribution is 5.75. The van der Waals surface area contributed by atoms with Crippen molar-refractivity contribution in [3.05, 3.63) is 24.3 Å². The van der Waals surface area contributed by atoms with Gasteiger partial charge in [-0.3, -0.25) is 4.98 Å². The fourth-order valence-electron chi connectivity index (χ4n) is 2.92. The zero-order valence-corrected chi connectivity index (χ0v) is 11.0. The topological polar surface area (TPSA) is 42.7 Å². The molecule has 0 amide bonds. The quantitative estimate of drug-likeness (QED) is 0.919. The number of alkyl halides is 3. The number of rotatable bonds is 2. The van der Waals surface area contributed by atoms with Crippen LogP contribution in [-0.2, 0) is 12.0 Å². The van der Waals surface area contributed by atoms with Gasteiger partial charge in [0.2, 0.25) is 0 Å². The molecule has 1 N–H and O–H groups in total. The lowest BCUT2D eigenvalue weighted by Gasteiger charge is -2.30. The lowest BCUT2D eigenvalue weighted by molar-refractivity contribution is -0.187. The third kappa shape index (κ3) is 1.72. The normalized spacial score (nSPS) is 23.6. The number of imidazole rings is 1. The van der Waals surface area contributed by atoms with Crippen molar-refractivity contribution in [1.82, 2.24) is 19.9 Å². The number of aryl methyl sites for hydroxylation is 1. The molecule has 4 nitrogen and oxygen atoms in total. The van der Waals surface area contributed by atoms with E-state index in [1.807, 2.05) is 6.92 Å². The van der Waals surface area contributed by atoms with E-state index in [-0.39, 0.29) is 18.8 Å². The predicted octanol–water partition coefficient (Wildman–Crippen LogP) is 2.24. The first kappa shape index (κ1) is 13.4. The Morgan fingerprint density at radius 2 is 2.25 bits per heavy atom. The molecule has 0 radical (unpaired) electrons. The van der Waals surface area contributed by atoms with E-state index < -0.39 is 11.6 Å². The zero-order valence-electron chi connectivity index (χ0n) is 11.0. The van der Waals surface area contributed by atoms with Crippen LogP contribution in [0.4, 0.5) is 13.2 Å². The Kier molecular flexibility index (Phi) is 2.97. The zero-order chi connectivity index (χ0) is 14.4. The Bertz CT molecular complexity index is 626. The van der Waals surface area contributed by atoms with Crippen molar-refractivity contribution in [1.29, 1.82) is 0 Å². The van der Waals surface area contributed by atoms with Crippen LogP contribution in [0.5, 0.6) is 0 Å². The molecule has 3 heterocycles. The molecule has 0 bridgehead atoms. The summed E-state index contributed by atoms with van der Waals surface area (Å²) < 4.78 is 42.6. The van der Waals surface area contributed by atoms with Gasteiger partial charge < -0.3 is 9.88 Å². The van der Waals surface area contributed by atoms with E-state index in [9.17, 15) is 13.2 Å². The summed E-state index contributed by atoms with van der Waals surface area (Å²) in [4.78, 5) is 8.19.